The fraction of sp³-hybridized carbons (Fsp3) is 0.250. The number of rotatable bonds is 1. The first-order valence-electron chi connectivity index (χ1n) is 4.84. The third-order valence-corrected chi connectivity index (χ3v) is 2.66. The minimum atomic E-state index is -0.322. The maximum absolute atomic E-state index is 13.5. The minimum absolute atomic E-state index is 0.242. The normalized spacial score (nSPS) is 11.3. The van der Waals surface area contributed by atoms with Gasteiger partial charge in [-0.05, 0) is 18.1 Å². The molecular formula is C12H11ClFN. The van der Waals surface area contributed by atoms with Gasteiger partial charge in [0.1, 0.15) is 11.3 Å². The first kappa shape index (κ1) is 10.4. The van der Waals surface area contributed by atoms with Crippen LogP contribution in [0.4, 0.5) is 4.39 Å². The summed E-state index contributed by atoms with van der Waals surface area (Å²) < 4.78 is 13.5. The van der Waals surface area contributed by atoms with Crippen LogP contribution in [0.1, 0.15) is 25.5 Å². The number of benzene rings is 1. The summed E-state index contributed by atoms with van der Waals surface area (Å²) in [5, 5.41) is 1.23. The van der Waals surface area contributed by atoms with Gasteiger partial charge in [-0.3, -0.25) is 0 Å². The van der Waals surface area contributed by atoms with Crippen molar-refractivity contribution < 1.29 is 4.39 Å². The Hall–Kier alpha value is -1.15. The second-order valence-corrected chi connectivity index (χ2v) is 4.23. The molecule has 0 bridgehead atoms. The molecule has 0 spiro atoms. The molecule has 78 valence electrons. The van der Waals surface area contributed by atoms with Gasteiger partial charge in [0, 0.05) is 11.1 Å². The zero-order chi connectivity index (χ0) is 11.0. The number of pyridine rings is 1. The monoisotopic (exact) mass is 223 g/mol. The van der Waals surface area contributed by atoms with Crippen LogP contribution < -0.4 is 0 Å². The number of hydrogen-bond acceptors (Lipinski definition) is 1. The second kappa shape index (κ2) is 3.78. The van der Waals surface area contributed by atoms with E-state index in [0.29, 0.717) is 15.9 Å². The Kier molecular flexibility index (Phi) is 2.61. The van der Waals surface area contributed by atoms with Crippen LogP contribution in [0, 0.1) is 5.82 Å². The Bertz CT molecular complexity index is 508. The lowest BCUT2D eigenvalue weighted by molar-refractivity contribution is 0.635. The van der Waals surface area contributed by atoms with Crippen molar-refractivity contribution >= 4 is 22.5 Å². The van der Waals surface area contributed by atoms with Crippen LogP contribution in [0.5, 0.6) is 0 Å². The predicted octanol–water partition coefficient (Wildman–Crippen LogP) is 4.15. The Morgan fingerprint density at radius 3 is 2.73 bits per heavy atom. The van der Waals surface area contributed by atoms with E-state index >= 15 is 0 Å². The highest BCUT2D eigenvalue weighted by Gasteiger charge is 2.09. The molecule has 0 aliphatic heterocycles. The van der Waals surface area contributed by atoms with Gasteiger partial charge in [0.2, 0.25) is 0 Å². The quantitative estimate of drug-likeness (QED) is 0.708. The van der Waals surface area contributed by atoms with Gasteiger partial charge in [-0.1, -0.05) is 37.6 Å². The molecule has 2 aromatic rings. The second-order valence-electron chi connectivity index (χ2n) is 3.82. The van der Waals surface area contributed by atoms with Gasteiger partial charge in [-0.2, -0.15) is 0 Å². The molecule has 0 N–H and O–H groups in total. The maximum atomic E-state index is 13.5. The summed E-state index contributed by atoms with van der Waals surface area (Å²) in [7, 11) is 0. The van der Waals surface area contributed by atoms with E-state index in [2.05, 4.69) is 4.98 Å². The summed E-state index contributed by atoms with van der Waals surface area (Å²) in [6.45, 7) is 4.01. The number of halogens is 2. The molecule has 0 amide bonds. The topological polar surface area (TPSA) is 12.9 Å². The van der Waals surface area contributed by atoms with Crippen molar-refractivity contribution in [3.63, 3.8) is 0 Å². The number of para-hydroxylation sites is 1. The van der Waals surface area contributed by atoms with E-state index in [0.717, 1.165) is 5.69 Å². The highest BCUT2D eigenvalue weighted by molar-refractivity contribution is 6.35. The summed E-state index contributed by atoms with van der Waals surface area (Å²) in [4.78, 5) is 4.28. The third kappa shape index (κ3) is 1.82. The van der Waals surface area contributed by atoms with E-state index in [1.54, 1.807) is 18.2 Å². The molecule has 0 aliphatic rings. The van der Waals surface area contributed by atoms with Crippen LogP contribution in [-0.2, 0) is 0 Å². The fourth-order valence-electron chi connectivity index (χ4n) is 1.49. The zero-order valence-electron chi connectivity index (χ0n) is 8.59. The molecule has 0 aliphatic carbocycles. The Morgan fingerprint density at radius 2 is 2.07 bits per heavy atom. The van der Waals surface area contributed by atoms with Crippen molar-refractivity contribution in [3.8, 4) is 0 Å². The van der Waals surface area contributed by atoms with E-state index in [4.69, 9.17) is 11.6 Å². The number of fused-ring (bicyclic) bond motifs is 1. The molecule has 2 rings (SSSR count). The summed E-state index contributed by atoms with van der Waals surface area (Å²) >= 11 is 6.07. The first-order valence-corrected chi connectivity index (χ1v) is 5.22. The smallest absolute Gasteiger partial charge is 0.149 e. The molecule has 0 saturated carbocycles. The summed E-state index contributed by atoms with van der Waals surface area (Å²) in [6.07, 6.45) is 0. The average molecular weight is 224 g/mol. The number of nitrogens with zero attached hydrogens (tertiary/aromatic N) is 1. The van der Waals surface area contributed by atoms with Gasteiger partial charge in [-0.15, -0.1) is 0 Å². The number of aromatic nitrogens is 1. The molecule has 0 unspecified atom stereocenters. The minimum Gasteiger partial charge on any atom is -0.249 e. The van der Waals surface area contributed by atoms with Gasteiger partial charge < -0.3 is 0 Å². The van der Waals surface area contributed by atoms with E-state index in [1.807, 2.05) is 13.8 Å². The van der Waals surface area contributed by atoms with Crippen LogP contribution in [-0.4, -0.2) is 4.98 Å². The lowest BCUT2D eigenvalue weighted by Gasteiger charge is -2.08. The third-order valence-electron chi connectivity index (χ3n) is 2.35. The Morgan fingerprint density at radius 1 is 1.33 bits per heavy atom. The molecular weight excluding hydrogens is 213 g/mol. The summed E-state index contributed by atoms with van der Waals surface area (Å²) in [5.41, 5.74) is 1.17. The van der Waals surface area contributed by atoms with E-state index in [9.17, 15) is 4.39 Å². The van der Waals surface area contributed by atoms with E-state index < -0.39 is 0 Å². The van der Waals surface area contributed by atoms with Crippen LogP contribution in [0.2, 0.25) is 5.02 Å². The van der Waals surface area contributed by atoms with Gasteiger partial charge >= 0.3 is 0 Å². The highest BCUT2D eigenvalue weighted by Crippen LogP contribution is 2.27. The van der Waals surface area contributed by atoms with Crippen molar-refractivity contribution in [1.29, 1.82) is 0 Å². The molecule has 1 nitrogen and oxygen atoms in total. The average Bonchev–Trinajstić information content (AvgIpc) is 2.19. The molecule has 0 radical (unpaired) electrons. The maximum Gasteiger partial charge on any atom is 0.149 e. The lowest BCUT2D eigenvalue weighted by atomic mass is 10.1. The van der Waals surface area contributed by atoms with E-state index in [-0.39, 0.29) is 11.7 Å². The Labute approximate surface area is 92.9 Å². The van der Waals surface area contributed by atoms with Gasteiger partial charge in [0.15, 0.2) is 0 Å². The van der Waals surface area contributed by atoms with Crippen molar-refractivity contribution in [2.75, 3.05) is 0 Å². The largest absolute Gasteiger partial charge is 0.249 e. The van der Waals surface area contributed by atoms with Gasteiger partial charge in [0.05, 0.1) is 5.02 Å². The molecule has 1 aromatic heterocycles. The molecule has 1 aromatic carbocycles. The highest BCUT2D eigenvalue weighted by atomic mass is 35.5. The molecule has 1 heterocycles. The molecule has 0 fully saturated rings. The molecule has 3 heteroatoms. The molecule has 15 heavy (non-hydrogen) atoms. The first-order chi connectivity index (χ1) is 7.09. The van der Waals surface area contributed by atoms with Gasteiger partial charge in [-0.25, -0.2) is 9.37 Å². The van der Waals surface area contributed by atoms with Crippen LogP contribution in [0.25, 0.3) is 10.9 Å². The summed E-state index contributed by atoms with van der Waals surface area (Å²) in [6, 6.07) is 6.61. The van der Waals surface area contributed by atoms with Crippen molar-refractivity contribution in [2.24, 2.45) is 0 Å². The predicted molar refractivity (Wildman–Crippen MR) is 60.8 cm³/mol. The fourth-order valence-corrected chi connectivity index (χ4v) is 1.75. The van der Waals surface area contributed by atoms with Gasteiger partial charge in [0.25, 0.3) is 0 Å². The number of hydrogen-bond donors (Lipinski definition) is 0. The summed E-state index contributed by atoms with van der Waals surface area (Å²) in [5.74, 6) is -0.0802. The molecule has 0 atom stereocenters. The standard InChI is InChI=1S/C12H11ClFN/c1-7(2)11-6-9(13)8-4-3-5-10(14)12(8)15-11/h3-7H,1-2H3. The van der Waals surface area contributed by atoms with E-state index in [1.165, 1.54) is 6.07 Å². The zero-order valence-corrected chi connectivity index (χ0v) is 9.35. The SMILES string of the molecule is CC(C)c1cc(Cl)c2cccc(F)c2n1. The van der Waals surface area contributed by atoms with Crippen LogP contribution in [0.15, 0.2) is 24.3 Å². The van der Waals surface area contributed by atoms with Crippen LogP contribution in [0.3, 0.4) is 0 Å². The van der Waals surface area contributed by atoms with Crippen LogP contribution >= 0.6 is 11.6 Å². The Balaban J connectivity index is 2.80. The molecule has 0 saturated heterocycles. The van der Waals surface area contributed by atoms with Crippen molar-refractivity contribution in [2.45, 2.75) is 19.8 Å². The van der Waals surface area contributed by atoms with Crippen molar-refractivity contribution in [3.05, 3.63) is 40.8 Å². The van der Waals surface area contributed by atoms with Crippen molar-refractivity contribution in [1.82, 2.24) is 4.98 Å². The lowest BCUT2D eigenvalue weighted by Crippen LogP contribution is -1.95.